The molecule has 0 saturated heterocycles. The van der Waals surface area contributed by atoms with E-state index in [9.17, 15) is 9.59 Å². The van der Waals surface area contributed by atoms with Crippen LogP contribution in [-0.4, -0.2) is 39.3 Å². The van der Waals surface area contributed by atoms with Gasteiger partial charge >= 0.3 is 12.2 Å². The van der Waals surface area contributed by atoms with Crippen molar-refractivity contribution in [1.82, 2.24) is 20.6 Å². The van der Waals surface area contributed by atoms with E-state index in [-0.39, 0.29) is 11.9 Å². The van der Waals surface area contributed by atoms with Gasteiger partial charge in [0.25, 0.3) is 5.95 Å². The number of rotatable bonds is 2. The predicted octanol–water partition coefficient (Wildman–Crippen LogP) is 8.17. The molecule has 0 spiro atoms. The van der Waals surface area contributed by atoms with Crippen LogP contribution in [0.4, 0.5) is 15.5 Å². The van der Waals surface area contributed by atoms with Crippen LogP contribution >= 0.6 is 27.5 Å². The zero-order chi connectivity index (χ0) is 29.4. The first-order valence-corrected chi connectivity index (χ1v) is 13.6. The largest absolute Gasteiger partial charge is 0.444 e. The number of amides is 2. The maximum atomic E-state index is 12.4. The Kier molecular flexibility index (Phi) is 11.2. The summed E-state index contributed by atoms with van der Waals surface area (Å²) in [4.78, 5) is 38.2. The van der Waals surface area contributed by atoms with Gasteiger partial charge in [-0.25, -0.2) is 19.6 Å². The number of nitrogens with one attached hydrogen (secondary N) is 2. The minimum Gasteiger partial charge on any atom is -0.444 e. The topological polar surface area (TPSA) is 115 Å². The standard InChI is InChI=1S/C25H27BrClN5O4.C3H8/c1-24(2,3)35-22(33)31-21(32-23(34)36-25(4,5)6)30-20-28-18-12-11-16(27)13-17(18)19(29-20)14-7-9-15(26)10-8-14;1-3-2/h7-13H,1-6H3,(H2,28,29,30,31,32,33,34);3H2,1-2H3. The highest BCUT2D eigenvalue weighted by atomic mass is 79.9. The molecule has 0 radical (unpaired) electrons. The molecule has 2 aromatic carbocycles. The quantitative estimate of drug-likeness (QED) is 0.221. The van der Waals surface area contributed by atoms with Gasteiger partial charge < -0.3 is 9.47 Å². The average Bonchev–Trinajstić information content (AvgIpc) is 2.77. The van der Waals surface area contributed by atoms with Crippen LogP contribution in [0.2, 0.25) is 5.02 Å². The summed E-state index contributed by atoms with van der Waals surface area (Å²) in [5.74, 6) is -0.265. The summed E-state index contributed by atoms with van der Waals surface area (Å²) >= 11 is 9.67. The molecule has 39 heavy (non-hydrogen) atoms. The number of fused-ring (bicyclic) bond motifs is 1. The van der Waals surface area contributed by atoms with Gasteiger partial charge in [-0.1, -0.05) is 59.9 Å². The van der Waals surface area contributed by atoms with Crippen molar-refractivity contribution in [3.8, 4) is 11.3 Å². The Morgan fingerprint density at radius 1 is 0.897 bits per heavy atom. The highest BCUT2D eigenvalue weighted by Crippen LogP contribution is 2.30. The first kappa shape index (κ1) is 32.0. The van der Waals surface area contributed by atoms with Crippen molar-refractivity contribution in [3.63, 3.8) is 0 Å². The summed E-state index contributed by atoms with van der Waals surface area (Å²) in [6.45, 7) is 14.5. The van der Waals surface area contributed by atoms with E-state index in [2.05, 4.69) is 55.4 Å². The van der Waals surface area contributed by atoms with Gasteiger partial charge in [0.05, 0.1) is 11.2 Å². The maximum Gasteiger partial charge on any atom is 0.414 e. The Bertz CT molecular complexity index is 1300. The summed E-state index contributed by atoms with van der Waals surface area (Å²) in [6.07, 6.45) is -0.393. The third kappa shape index (κ3) is 11.2. The normalized spacial score (nSPS) is 11.1. The highest BCUT2D eigenvalue weighted by molar-refractivity contribution is 9.10. The second kappa shape index (κ2) is 13.7. The molecular formula is C28H35BrClN5O4. The average molecular weight is 621 g/mol. The van der Waals surface area contributed by atoms with Gasteiger partial charge in [-0.15, -0.1) is 0 Å². The minimum atomic E-state index is -0.821. The molecule has 9 nitrogen and oxygen atoms in total. The molecule has 1 heterocycles. The summed E-state index contributed by atoms with van der Waals surface area (Å²) < 4.78 is 11.5. The minimum absolute atomic E-state index is 0.00939. The van der Waals surface area contributed by atoms with Gasteiger partial charge in [-0.3, -0.25) is 10.6 Å². The third-order valence-corrected chi connectivity index (χ3v) is 4.98. The van der Waals surface area contributed by atoms with Crippen LogP contribution in [-0.2, 0) is 9.47 Å². The molecule has 0 aliphatic rings. The van der Waals surface area contributed by atoms with E-state index < -0.39 is 23.4 Å². The molecule has 2 amide bonds. The van der Waals surface area contributed by atoms with Gasteiger partial charge in [-0.2, -0.15) is 4.99 Å². The molecule has 0 atom stereocenters. The van der Waals surface area contributed by atoms with E-state index >= 15 is 0 Å². The Hall–Kier alpha value is -3.24. The number of carbonyl (C=O) groups excluding carboxylic acids is 2. The lowest BCUT2D eigenvalue weighted by atomic mass is 10.1. The van der Waals surface area contributed by atoms with Crippen LogP contribution < -0.4 is 10.6 Å². The second-order valence-electron chi connectivity index (χ2n) is 10.5. The van der Waals surface area contributed by atoms with E-state index in [0.29, 0.717) is 21.6 Å². The third-order valence-electron chi connectivity index (χ3n) is 4.21. The van der Waals surface area contributed by atoms with E-state index in [1.807, 2.05) is 24.3 Å². The number of guanidine groups is 1. The molecular weight excluding hydrogens is 586 g/mol. The maximum absolute atomic E-state index is 12.4. The molecule has 0 aliphatic heterocycles. The van der Waals surface area contributed by atoms with Gasteiger partial charge in [0.2, 0.25) is 5.96 Å². The zero-order valence-electron chi connectivity index (χ0n) is 23.5. The van der Waals surface area contributed by atoms with Gasteiger partial charge in [-0.05, 0) is 71.9 Å². The van der Waals surface area contributed by atoms with Crippen molar-refractivity contribution < 1.29 is 19.1 Å². The lowest BCUT2D eigenvalue weighted by Gasteiger charge is -2.22. The van der Waals surface area contributed by atoms with Crippen molar-refractivity contribution in [2.45, 2.75) is 73.0 Å². The Balaban J connectivity index is 0.00000170. The SMILES string of the molecule is CC(C)(C)OC(=O)NC(=Nc1nc(-c2ccc(Br)cc2)c2cc(Cl)ccc2n1)NC(=O)OC(C)(C)C.CCC. The van der Waals surface area contributed by atoms with Gasteiger partial charge in [0, 0.05) is 20.4 Å². The molecule has 0 aliphatic carbocycles. The van der Waals surface area contributed by atoms with Gasteiger partial charge in [0.15, 0.2) is 0 Å². The fourth-order valence-electron chi connectivity index (χ4n) is 2.95. The zero-order valence-corrected chi connectivity index (χ0v) is 25.8. The molecule has 3 aromatic rings. The monoisotopic (exact) mass is 619 g/mol. The lowest BCUT2D eigenvalue weighted by molar-refractivity contribution is 0.0545. The molecule has 0 unspecified atom stereocenters. The first-order valence-electron chi connectivity index (χ1n) is 12.4. The number of nitrogens with zero attached hydrogens (tertiary/aromatic N) is 3. The fraction of sp³-hybridized carbons (Fsp3) is 0.393. The predicted molar refractivity (Wildman–Crippen MR) is 159 cm³/mol. The molecule has 0 bridgehead atoms. The first-order chi connectivity index (χ1) is 18.1. The Morgan fingerprint density at radius 3 is 1.90 bits per heavy atom. The lowest BCUT2D eigenvalue weighted by Crippen LogP contribution is -2.47. The summed E-state index contributed by atoms with van der Waals surface area (Å²) in [7, 11) is 0. The van der Waals surface area contributed by atoms with E-state index in [4.69, 9.17) is 21.1 Å². The number of aromatic nitrogens is 2. The van der Waals surface area contributed by atoms with E-state index in [1.165, 1.54) is 6.42 Å². The van der Waals surface area contributed by atoms with Crippen LogP contribution in [0.15, 0.2) is 51.9 Å². The Labute approximate surface area is 242 Å². The van der Waals surface area contributed by atoms with Crippen molar-refractivity contribution in [1.29, 1.82) is 0 Å². The number of benzene rings is 2. The van der Waals surface area contributed by atoms with Crippen LogP contribution in [0.25, 0.3) is 22.2 Å². The van der Waals surface area contributed by atoms with Crippen LogP contribution in [0.1, 0.15) is 61.8 Å². The van der Waals surface area contributed by atoms with E-state index in [1.54, 1.807) is 59.7 Å². The number of alkyl carbamates (subject to hydrolysis) is 2. The number of carbonyl (C=O) groups is 2. The van der Waals surface area contributed by atoms with E-state index in [0.717, 1.165) is 10.0 Å². The number of hydrogen-bond donors (Lipinski definition) is 2. The van der Waals surface area contributed by atoms with Crippen molar-refractivity contribution >= 4 is 62.5 Å². The molecule has 2 N–H and O–H groups in total. The molecule has 1 aromatic heterocycles. The van der Waals surface area contributed by atoms with Crippen LogP contribution in [0.5, 0.6) is 0 Å². The molecule has 210 valence electrons. The number of hydrogen-bond acceptors (Lipinski definition) is 7. The molecule has 11 heteroatoms. The van der Waals surface area contributed by atoms with Crippen molar-refractivity contribution in [2.75, 3.05) is 0 Å². The molecule has 0 saturated carbocycles. The van der Waals surface area contributed by atoms with Crippen LogP contribution in [0.3, 0.4) is 0 Å². The number of aliphatic imine (C=N–C) groups is 1. The number of halogens is 2. The summed E-state index contributed by atoms with van der Waals surface area (Å²) in [6, 6.07) is 12.8. The van der Waals surface area contributed by atoms with Crippen molar-refractivity contribution in [3.05, 3.63) is 52.0 Å². The summed E-state index contributed by atoms with van der Waals surface area (Å²) in [5.41, 5.74) is 0.400. The van der Waals surface area contributed by atoms with Crippen LogP contribution in [0, 0.1) is 0 Å². The second-order valence-corrected chi connectivity index (χ2v) is 11.8. The molecule has 3 rings (SSSR count). The Morgan fingerprint density at radius 2 is 1.41 bits per heavy atom. The smallest absolute Gasteiger partial charge is 0.414 e. The highest BCUT2D eigenvalue weighted by Gasteiger charge is 2.22. The number of ether oxygens (including phenoxy) is 2. The van der Waals surface area contributed by atoms with Gasteiger partial charge in [0.1, 0.15) is 11.2 Å². The fourth-order valence-corrected chi connectivity index (χ4v) is 3.39. The molecule has 0 fully saturated rings. The van der Waals surface area contributed by atoms with Crippen molar-refractivity contribution in [2.24, 2.45) is 4.99 Å². The summed E-state index contributed by atoms with van der Waals surface area (Å²) in [5, 5.41) is 6.11.